The molecule has 10 heteroatoms. The summed E-state index contributed by atoms with van der Waals surface area (Å²) in [5, 5.41) is 10.7. The van der Waals surface area contributed by atoms with E-state index in [4.69, 9.17) is 5.14 Å². The van der Waals surface area contributed by atoms with Crippen LogP contribution < -0.4 is 5.14 Å². The van der Waals surface area contributed by atoms with E-state index in [1.165, 1.54) is 40.3 Å². The van der Waals surface area contributed by atoms with Crippen LogP contribution in [0.25, 0.3) is 16.3 Å². The first-order valence-electron chi connectivity index (χ1n) is 7.55. The van der Waals surface area contributed by atoms with Crippen LogP contribution in [0.5, 0.6) is 0 Å². The van der Waals surface area contributed by atoms with Gasteiger partial charge in [0.15, 0.2) is 5.69 Å². The van der Waals surface area contributed by atoms with E-state index < -0.39 is 21.9 Å². The minimum absolute atomic E-state index is 0.116. The van der Waals surface area contributed by atoms with Gasteiger partial charge in [0.2, 0.25) is 10.0 Å². The number of primary sulfonamides is 1. The second kappa shape index (κ2) is 5.66. The Labute approximate surface area is 150 Å². The molecule has 2 N–H and O–H groups in total. The highest BCUT2D eigenvalue weighted by Gasteiger charge is 2.41. The summed E-state index contributed by atoms with van der Waals surface area (Å²) in [4.78, 5) is 0.639. The number of benzene rings is 1. The van der Waals surface area contributed by atoms with Crippen LogP contribution in [-0.4, -0.2) is 18.2 Å². The molecule has 4 rings (SSSR count). The number of aryl methyl sites for hydroxylation is 1. The van der Waals surface area contributed by atoms with Gasteiger partial charge >= 0.3 is 6.18 Å². The number of thiophene rings is 1. The van der Waals surface area contributed by atoms with Crippen LogP contribution in [-0.2, 0) is 29.0 Å². The molecule has 0 amide bonds. The highest BCUT2D eigenvalue weighted by Crippen LogP contribution is 2.44. The molecule has 2 aromatic heterocycles. The molecule has 2 heterocycles. The lowest BCUT2D eigenvalue weighted by Gasteiger charge is -2.15. The second-order valence-electron chi connectivity index (χ2n) is 5.90. The zero-order valence-electron chi connectivity index (χ0n) is 13.1. The Balaban J connectivity index is 1.94. The van der Waals surface area contributed by atoms with Gasteiger partial charge in [-0.2, -0.15) is 18.3 Å². The standard InChI is InChI=1S/C16H12F3N3O2S2/c17-16(18,19)15-12-6-1-9-7-8-25-14(9)13(12)22(21-15)10-2-4-11(5-3-10)26(20,23)24/h2-5,7-8H,1,6H2,(H2,20,23,24). The number of halogens is 3. The van der Waals surface area contributed by atoms with Crippen molar-refractivity contribution in [2.45, 2.75) is 23.9 Å². The van der Waals surface area contributed by atoms with Crippen molar-refractivity contribution in [3.63, 3.8) is 0 Å². The van der Waals surface area contributed by atoms with Gasteiger partial charge in [0.25, 0.3) is 0 Å². The Bertz CT molecular complexity index is 1100. The molecule has 0 atom stereocenters. The van der Waals surface area contributed by atoms with Gasteiger partial charge in [0, 0.05) is 5.56 Å². The van der Waals surface area contributed by atoms with E-state index in [1.807, 2.05) is 11.4 Å². The van der Waals surface area contributed by atoms with Crippen molar-refractivity contribution in [3.05, 3.63) is 52.5 Å². The molecule has 1 aliphatic rings. The maximum atomic E-state index is 13.5. The summed E-state index contributed by atoms with van der Waals surface area (Å²) >= 11 is 1.36. The third-order valence-electron chi connectivity index (χ3n) is 4.27. The summed E-state index contributed by atoms with van der Waals surface area (Å²) in [6.45, 7) is 0. The van der Waals surface area contributed by atoms with Crippen LogP contribution in [0.3, 0.4) is 0 Å². The molecule has 3 aromatic rings. The number of fused-ring (bicyclic) bond motifs is 3. The summed E-state index contributed by atoms with van der Waals surface area (Å²) in [6, 6.07) is 7.20. The lowest BCUT2D eigenvalue weighted by Crippen LogP contribution is -2.12. The monoisotopic (exact) mass is 399 g/mol. The lowest BCUT2D eigenvalue weighted by atomic mass is 9.95. The van der Waals surface area contributed by atoms with Crippen molar-refractivity contribution in [2.75, 3.05) is 0 Å². The molecule has 0 aliphatic heterocycles. The molecule has 0 bridgehead atoms. The van der Waals surface area contributed by atoms with E-state index in [9.17, 15) is 21.6 Å². The summed E-state index contributed by atoms with van der Waals surface area (Å²) in [5.74, 6) is 0. The minimum atomic E-state index is -4.56. The minimum Gasteiger partial charge on any atom is -0.231 e. The van der Waals surface area contributed by atoms with Gasteiger partial charge in [-0.15, -0.1) is 11.3 Å². The Morgan fingerprint density at radius 1 is 1.12 bits per heavy atom. The predicted octanol–water partition coefficient (Wildman–Crippen LogP) is 3.37. The fraction of sp³-hybridized carbons (Fsp3) is 0.188. The van der Waals surface area contributed by atoms with Crippen molar-refractivity contribution in [1.82, 2.24) is 9.78 Å². The highest BCUT2D eigenvalue weighted by atomic mass is 32.2. The first-order chi connectivity index (χ1) is 12.2. The SMILES string of the molecule is NS(=O)(=O)c1ccc(-n2nc(C(F)(F)F)c3c2-c2sccc2CC3)cc1. The first kappa shape index (κ1) is 17.3. The third kappa shape index (κ3) is 2.74. The Kier molecular flexibility index (Phi) is 3.76. The van der Waals surface area contributed by atoms with Crippen molar-refractivity contribution in [2.24, 2.45) is 5.14 Å². The molecule has 0 saturated carbocycles. The molecular weight excluding hydrogens is 387 g/mol. The number of rotatable bonds is 2. The van der Waals surface area contributed by atoms with Gasteiger partial charge < -0.3 is 0 Å². The van der Waals surface area contributed by atoms with E-state index in [0.29, 0.717) is 17.8 Å². The van der Waals surface area contributed by atoms with Gasteiger partial charge in [-0.05, 0) is 54.1 Å². The van der Waals surface area contributed by atoms with Crippen LogP contribution in [0.4, 0.5) is 13.2 Å². The van der Waals surface area contributed by atoms with E-state index in [0.717, 1.165) is 10.4 Å². The molecule has 0 unspecified atom stereocenters. The summed E-state index contributed by atoms with van der Waals surface area (Å²) in [5.41, 5.74) is 1.01. The van der Waals surface area contributed by atoms with E-state index in [-0.39, 0.29) is 16.9 Å². The van der Waals surface area contributed by atoms with Crippen LogP contribution in [0.1, 0.15) is 16.8 Å². The predicted molar refractivity (Wildman–Crippen MR) is 90.7 cm³/mol. The number of hydrogen-bond acceptors (Lipinski definition) is 4. The molecule has 5 nitrogen and oxygen atoms in total. The van der Waals surface area contributed by atoms with Crippen LogP contribution in [0, 0.1) is 0 Å². The topological polar surface area (TPSA) is 78.0 Å². The molecular formula is C16H12F3N3O2S2. The number of nitrogens with zero attached hydrogens (tertiary/aromatic N) is 2. The number of sulfonamides is 1. The largest absolute Gasteiger partial charge is 0.435 e. The maximum absolute atomic E-state index is 13.5. The number of nitrogens with two attached hydrogens (primary N) is 1. The molecule has 26 heavy (non-hydrogen) atoms. The van der Waals surface area contributed by atoms with E-state index >= 15 is 0 Å². The smallest absolute Gasteiger partial charge is 0.231 e. The lowest BCUT2D eigenvalue weighted by molar-refractivity contribution is -0.141. The van der Waals surface area contributed by atoms with E-state index in [2.05, 4.69) is 5.10 Å². The zero-order valence-corrected chi connectivity index (χ0v) is 14.7. The van der Waals surface area contributed by atoms with Gasteiger partial charge in [-0.1, -0.05) is 0 Å². The average molecular weight is 399 g/mol. The molecule has 0 fully saturated rings. The molecule has 136 valence electrons. The molecule has 0 saturated heterocycles. The van der Waals surface area contributed by atoms with Crippen LogP contribution in [0.15, 0.2) is 40.6 Å². The van der Waals surface area contributed by atoms with Gasteiger partial charge in [-0.3, -0.25) is 0 Å². The summed E-state index contributed by atoms with van der Waals surface area (Å²) < 4.78 is 64.4. The Morgan fingerprint density at radius 2 is 1.81 bits per heavy atom. The average Bonchev–Trinajstić information content (AvgIpc) is 3.17. The molecule has 1 aliphatic carbocycles. The summed E-state index contributed by atoms with van der Waals surface area (Å²) in [7, 11) is -3.88. The van der Waals surface area contributed by atoms with Crippen molar-refractivity contribution in [3.8, 4) is 16.3 Å². The molecule has 0 spiro atoms. The van der Waals surface area contributed by atoms with Crippen molar-refractivity contribution in [1.29, 1.82) is 0 Å². The Hall–Kier alpha value is -2.17. The maximum Gasteiger partial charge on any atom is 0.435 e. The van der Waals surface area contributed by atoms with Crippen molar-refractivity contribution < 1.29 is 21.6 Å². The zero-order chi connectivity index (χ0) is 18.7. The number of hydrogen-bond donors (Lipinski definition) is 1. The number of alkyl halides is 3. The Morgan fingerprint density at radius 3 is 2.42 bits per heavy atom. The first-order valence-corrected chi connectivity index (χ1v) is 9.98. The van der Waals surface area contributed by atoms with Crippen LogP contribution >= 0.6 is 11.3 Å². The van der Waals surface area contributed by atoms with E-state index in [1.54, 1.807) is 0 Å². The van der Waals surface area contributed by atoms with Gasteiger partial charge in [0.1, 0.15) is 0 Å². The van der Waals surface area contributed by atoms with Crippen LogP contribution in [0.2, 0.25) is 0 Å². The van der Waals surface area contributed by atoms with Gasteiger partial charge in [0.05, 0.1) is 21.2 Å². The second-order valence-corrected chi connectivity index (χ2v) is 8.38. The quantitative estimate of drug-likeness (QED) is 0.718. The third-order valence-corrected chi connectivity index (χ3v) is 6.16. The fourth-order valence-corrected chi connectivity index (χ4v) is 4.64. The highest BCUT2D eigenvalue weighted by molar-refractivity contribution is 7.89. The fourth-order valence-electron chi connectivity index (χ4n) is 3.11. The molecule has 1 aromatic carbocycles. The number of aromatic nitrogens is 2. The summed E-state index contributed by atoms with van der Waals surface area (Å²) in [6.07, 6.45) is -3.78. The van der Waals surface area contributed by atoms with Gasteiger partial charge in [-0.25, -0.2) is 18.2 Å². The van der Waals surface area contributed by atoms with Crippen molar-refractivity contribution >= 4 is 21.4 Å². The normalized spacial score (nSPS) is 14.2. The molecule has 0 radical (unpaired) electrons.